The van der Waals surface area contributed by atoms with Crippen molar-refractivity contribution in [2.24, 2.45) is 0 Å². The molecule has 35 heavy (non-hydrogen) atoms. The number of rotatable bonds is 5. The van der Waals surface area contributed by atoms with Gasteiger partial charge in [0.2, 0.25) is 0 Å². The van der Waals surface area contributed by atoms with Crippen molar-refractivity contribution in [3.8, 4) is 0 Å². The molecule has 0 aliphatic carbocycles. The van der Waals surface area contributed by atoms with Crippen molar-refractivity contribution in [3.63, 3.8) is 0 Å². The van der Waals surface area contributed by atoms with Crippen molar-refractivity contribution in [1.82, 2.24) is 14.9 Å². The number of aromatic nitrogens is 2. The van der Waals surface area contributed by atoms with E-state index in [2.05, 4.69) is 37.4 Å². The van der Waals surface area contributed by atoms with Crippen LogP contribution in [-0.4, -0.2) is 54.0 Å². The van der Waals surface area contributed by atoms with E-state index in [1.165, 1.54) is 6.20 Å². The molecule has 1 saturated heterocycles. The minimum Gasteiger partial charge on any atom is -0.398 e. The molecule has 9 nitrogen and oxygen atoms in total. The molecule has 1 aliphatic heterocycles. The van der Waals surface area contributed by atoms with E-state index >= 15 is 0 Å². The molecule has 1 aliphatic rings. The standard InChI is InChI=1S/C26H27N7O2/c1-32-11-13-33(14-12-32)18-7-5-17(6-8-18)30-26(35)24-22(9-10-29-25(24)34)31-23-16-28-15-20-19(23)3-2-4-21(20)27/h2-10,15-16H,11-14,27H2,1H3,(H,30,35)(H2,29,31,34). The van der Waals surface area contributed by atoms with Gasteiger partial charge in [-0.05, 0) is 43.4 Å². The largest absolute Gasteiger partial charge is 0.398 e. The third kappa shape index (κ3) is 4.67. The van der Waals surface area contributed by atoms with Gasteiger partial charge in [-0.15, -0.1) is 0 Å². The third-order valence-electron chi connectivity index (χ3n) is 6.29. The minimum atomic E-state index is -0.505. The van der Waals surface area contributed by atoms with Gasteiger partial charge in [0.05, 0.1) is 17.6 Å². The fraction of sp³-hybridized carbons (Fsp3) is 0.192. The number of likely N-dealkylation sites (N-methyl/N-ethyl adjacent to an activating group) is 1. The number of aromatic amines is 1. The van der Waals surface area contributed by atoms with E-state index in [9.17, 15) is 9.59 Å². The van der Waals surface area contributed by atoms with Crippen LogP contribution in [0.25, 0.3) is 10.8 Å². The Morgan fingerprint density at radius 3 is 2.51 bits per heavy atom. The van der Waals surface area contributed by atoms with E-state index in [0.29, 0.717) is 22.7 Å². The van der Waals surface area contributed by atoms with Crippen LogP contribution in [0.15, 0.2) is 71.9 Å². The number of nitrogens with two attached hydrogens (primary N) is 1. The lowest BCUT2D eigenvalue weighted by Crippen LogP contribution is -2.44. The van der Waals surface area contributed by atoms with Gasteiger partial charge in [0.15, 0.2) is 0 Å². The number of hydrogen-bond acceptors (Lipinski definition) is 7. The lowest BCUT2D eigenvalue weighted by atomic mass is 10.1. The van der Waals surface area contributed by atoms with Gasteiger partial charge in [0.1, 0.15) is 5.56 Å². The zero-order chi connectivity index (χ0) is 24.4. The maximum absolute atomic E-state index is 13.2. The summed E-state index contributed by atoms with van der Waals surface area (Å²) >= 11 is 0. The number of pyridine rings is 2. The lowest BCUT2D eigenvalue weighted by molar-refractivity contribution is 0.102. The molecule has 3 heterocycles. The van der Waals surface area contributed by atoms with Crippen LogP contribution in [-0.2, 0) is 0 Å². The summed E-state index contributed by atoms with van der Waals surface area (Å²) in [6.45, 7) is 3.96. The highest BCUT2D eigenvalue weighted by molar-refractivity contribution is 6.09. The van der Waals surface area contributed by atoms with E-state index in [-0.39, 0.29) is 5.56 Å². The number of hydrogen-bond donors (Lipinski definition) is 4. The van der Waals surface area contributed by atoms with Crippen LogP contribution in [0.1, 0.15) is 10.4 Å². The van der Waals surface area contributed by atoms with Crippen LogP contribution in [0.5, 0.6) is 0 Å². The highest BCUT2D eigenvalue weighted by Gasteiger charge is 2.18. The maximum atomic E-state index is 13.2. The first-order valence-corrected chi connectivity index (χ1v) is 11.5. The maximum Gasteiger partial charge on any atom is 0.263 e. The SMILES string of the molecule is CN1CCN(c2ccc(NC(=O)c3c(Nc4cncc5c(N)cccc45)cc[nH]c3=O)cc2)CC1. The molecule has 0 bridgehead atoms. The summed E-state index contributed by atoms with van der Waals surface area (Å²) in [5.41, 5.74) is 8.91. The van der Waals surface area contributed by atoms with Crippen LogP contribution >= 0.6 is 0 Å². The number of anilines is 5. The molecule has 0 atom stereocenters. The second-order valence-electron chi connectivity index (χ2n) is 8.64. The number of nitrogens with zero attached hydrogens (tertiary/aromatic N) is 3. The molecule has 1 fully saturated rings. The summed E-state index contributed by atoms with van der Waals surface area (Å²) in [5, 5.41) is 7.67. The van der Waals surface area contributed by atoms with Crippen molar-refractivity contribution < 1.29 is 4.79 Å². The van der Waals surface area contributed by atoms with E-state index in [1.54, 1.807) is 24.5 Å². The number of fused-ring (bicyclic) bond motifs is 1. The van der Waals surface area contributed by atoms with Crippen LogP contribution in [0.4, 0.5) is 28.4 Å². The molecular formula is C26H27N7O2. The Morgan fingerprint density at radius 2 is 1.74 bits per heavy atom. The molecule has 0 radical (unpaired) electrons. The fourth-order valence-electron chi connectivity index (χ4n) is 4.28. The summed E-state index contributed by atoms with van der Waals surface area (Å²) < 4.78 is 0. The number of benzene rings is 2. The Balaban J connectivity index is 1.38. The van der Waals surface area contributed by atoms with Gasteiger partial charge in [-0.3, -0.25) is 14.6 Å². The van der Waals surface area contributed by atoms with Crippen molar-refractivity contribution in [2.45, 2.75) is 0 Å². The zero-order valence-electron chi connectivity index (χ0n) is 19.4. The smallest absolute Gasteiger partial charge is 0.263 e. The molecular weight excluding hydrogens is 442 g/mol. The van der Waals surface area contributed by atoms with E-state index < -0.39 is 11.5 Å². The van der Waals surface area contributed by atoms with Crippen LogP contribution in [0.2, 0.25) is 0 Å². The summed E-state index contributed by atoms with van der Waals surface area (Å²) in [4.78, 5) is 37.3. The molecule has 4 aromatic rings. The number of amides is 1. The van der Waals surface area contributed by atoms with E-state index in [1.807, 2.05) is 36.4 Å². The Morgan fingerprint density at radius 1 is 0.971 bits per heavy atom. The highest BCUT2D eigenvalue weighted by atomic mass is 16.2. The molecule has 5 rings (SSSR count). The predicted molar refractivity (Wildman–Crippen MR) is 141 cm³/mol. The molecule has 0 spiro atoms. The van der Waals surface area contributed by atoms with E-state index in [0.717, 1.165) is 42.6 Å². The molecule has 1 amide bonds. The number of carbonyl (C=O) groups excluding carboxylic acids is 1. The average molecular weight is 470 g/mol. The fourth-order valence-corrected chi connectivity index (χ4v) is 4.28. The number of H-pyrrole nitrogens is 1. The molecule has 178 valence electrons. The van der Waals surface area contributed by atoms with Gasteiger partial charge in [0, 0.05) is 66.4 Å². The number of nitrogen functional groups attached to an aromatic ring is 1. The molecule has 2 aromatic carbocycles. The first-order chi connectivity index (χ1) is 17.0. The Kier molecular flexibility index (Phi) is 6.07. The topological polar surface area (TPSA) is 119 Å². The first kappa shape index (κ1) is 22.4. The van der Waals surface area contributed by atoms with Gasteiger partial charge in [0.25, 0.3) is 11.5 Å². The molecule has 9 heteroatoms. The summed E-state index contributed by atoms with van der Waals surface area (Å²) in [6.07, 6.45) is 4.83. The normalized spacial score (nSPS) is 14.1. The van der Waals surface area contributed by atoms with Gasteiger partial charge < -0.3 is 31.2 Å². The zero-order valence-corrected chi connectivity index (χ0v) is 19.4. The Hall–Kier alpha value is -4.37. The summed E-state index contributed by atoms with van der Waals surface area (Å²) in [7, 11) is 2.12. The van der Waals surface area contributed by atoms with E-state index in [4.69, 9.17) is 5.73 Å². The van der Waals surface area contributed by atoms with Crippen molar-refractivity contribution in [1.29, 1.82) is 0 Å². The average Bonchev–Trinajstić information content (AvgIpc) is 2.86. The number of carbonyl (C=O) groups is 1. The molecule has 0 saturated carbocycles. The summed E-state index contributed by atoms with van der Waals surface area (Å²) in [5.74, 6) is -0.505. The van der Waals surface area contributed by atoms with Gasteiger partial charge in [-0.25, -0.2) is 0 Å². The second kappa shape index (κ2) is 9.47. The molecule has 5 N–H and O–H groups in total. The van der Waals surface area contributed by atoms with Crippen molar-refractivity contribution >= 4 is 45.1 Å². The molecule has 2 aromatic heterocycles. The molecule has 0 unspecified atom stereocenters. The van der Waals surface area contributed by atoms with Crippen LogP contribution in [0, 0.1) is 0 Å². The van der Waals surface area contributed by atoms with Crippen LogP contribution < -0.4 is 26.8 Å². The number of nitrogens with one attached hydrogen (secondary N) is 3. The highest BCUT2D eigenvalue weighted by Crippen LogP contribution is 2.29. The summed E-state index contributed by atoms with van der Waals surface area (Å²) in [6, 6.07) is 14.9. The van der Waals surface area contributed by atoms with Crippen molar-refractivity contribution in [2.75, 3.05) is 54.5 Å². The Bertz CT molecular complexity index is 1420. The lowest BCUT2D eigenvalue weighted by Gasteiger charge is -2.34. The van der Waals surface area contributed by atoms with Gasteiger partial charge in [-0.1, -0.05) is 12.1 Å². The second-order valence-corrected chi connectivity index (χ2v) is 8.64. The van der Waals surface area contributed by atoms with Gasteiger partial charge in [-0.2, -0.15) is 0 Å². The van der Waals surface area contributed by atoms with Gasteiger partial charge >= 0.3 is 0 Å². The quantitative estimate of drug-likeness (QED) is 0.331. The van der Waals surface area contributed by atoms with Crippen molar-refractivity contribution in [3.05, 3.63) is 83.0 Å². The third-order valence-corrected chi connectivity index (χ3v) is 6.29. The first-order valence-electron chi connectivity index (χ1n) is 11.5. The van der Waals surface area contributed by atoms with Crippen LogP contribution in [0.3, 0.4) is 0 Å². The monoisotopic (exact) mass is 469 g/mol. The Labute approximate surface area is 202 Å². The number of piperazine rings is 1. The minimum absolute atomic E-state index is 0.0171. The predicted octanol–water partition coefficient (Wildman–Crippen LogP) is 3.25.